The normalized spacial score (nSPS) is 26.1. The number of fused-ring (bicyclic) bond motifs is 1. The zero-order valence-corrected chi connectivity index (χ0v) is 17.0. The molecule has 0 bridgehead atoms. The molecule has 5 nitrogen and oxygen atoms in total. The smallest absolute Gasteiger partial charge is 0.338 e. The number of carbonyl (C=O) groups is 2. The number of ether oxygens (including phenoxy) is 2. The van der Waals surface area contributed by atoms with Gasteiger partial charge in [-0.1, -0.05) is 48.5 Å². The SMILES string of the molecule is O=C1CC2C(CC(OC(=O)c3ccccc3)C2CCC(O)CCc2ccccc2)O1. The molecule has 2 aromatic rings. The van der Waals surface area contributed by atoms with E-state index in [0.29, 0.717) is 37.7 Å². The number of benzene rings is 2. The van der Waals surface area contributed by atoms with Gasteiger partial charge >= 0.3 is 11.9 Å². The molecule has 0 aromatic heterocycles. The molecular formula is C25H28O5. The van der Waals surface area contributed by atoms with Crippen LogP contribution in [0.5, 0.6) is 0 Å². The van der Waals surface area contributed by atoms with Crippen LogP contribution in [0.3, 0.4) is 0 Å². The summed E-state index contributed by atoms with van der Waals surface area (Å²) in [5.74, 6) is -0.429. The molecular weight excluding hydrogens is 380 g/mol. The van der Waals surface area contributed by atoms with E-state index in [1.807, 2.05) is 36.4 Å². The summed E-state index contributed by atoms with van der Waals surface area (Å²) in [7, 11) is 0. The molecule has 2 aromatic carbocycles. The highest BCUT2D eigenvalue weighted by Crippen LogP contribution is 2.45. The molecule has 5 unspecified atom stereocenters. The monoisotopic (exact) mass is 408 g/mol. The van der Waals surface area contributed by atoms with Crippen molar-refractivity contribution in [2.24, 2.45) is 11.8 Å². The van der Waals surface area contributed by atoms with Gasteiger partial charge in [0.1, 0.15) is 12.2 Å². The Balaban J connectivity index is 1.35. The molecule has 0 radical (unpaired) electrons. The summed E-state index contributed by atoms with van der Waals surface area (Å²) in [5, 5.41) is 10.5. The van der Waals surface area contributed by atoms with Gasteiger partial charge in [0.25, 0.3) is 0 Å². The Morgan fingerprint density at radius 3 is 2.50 bits per heavy atom. The van der Waals surface area contributed by atoms with Crippen molar-refractivity contribution >= 4 is 11.9 Å². The fourth-order valence-electron chi connectivity index (χ4n) is 4.78. The van der Waals surface area contributed by atoms with Crippen molar-refractivity contribution < 1.29 is 24.2 Å². The highest BCUT2D eigenvalue weighted by atomic mass is 16.6. The molecule has 0 amide bonds. The van der Waals surface area contributed by atoms with E-state index in [1.165, 1.54) is 5.56 Å². The van der Waals surface area contributed by atoms with Crippen molar-refractivity contribution in [3.8, 4) is 0 Å². The topological polar surface area (TPSA) is 72.8 Å². The van der Waals surface area contributed by atoms with E-state index in [0.717, 1.165) is 6.42 Å². The minimum atomic E-state index is -0.423. The molecule has 5 heteroatoms. The van der Waals surface area contributed by atoms with Crippen molar-refractivity contribution in [2.45, 2.75) is 56.8 Å². The van der Waals surface area contributed by atoms with Gasteiger partial charge in [0.05, 0.1) is 18.1 Å². The Hall–Kier alpha value is -2.66. The maximum Gasteiger partial charge on any atom is 0.338 e. The van der Waals surface area contributed by atoms with Crippen LogP contribution >= 0.6 is 0 Å². The molecule has 1 aliphatic carbocycles. The van der Waals surface area contributed by atoms with E-state index in [-0.39, 0.29) is 36.0 Å². The van der Waals surface area contributed by atoms with E-state index in [4.69, 9.17) is 9.47 Å². The van der Waals surface area contributed by atoms with Crippen molar-refractivity contribution in [2.75, 3.05) is 0 Å². The highest BCUT2D eigenvalue weighted by Gasteiger charge is 2.51. The van der Waals surface area contributed by atoms with Crippen molar-refractivity contribution in [1.82, 2.24) is 0 Å². The molecule has 1 saturated carbocycles. The standard InChI is InChI=1S/C25H28O5/c26-19(12-11-17-7-3-1-4-8-17)13-14-20-21-15-24(27)29-23(21)16-22(20)30-25(28)18-9-5-2-6-10-18/h1-10,19-23,26H,11-16H2. The van der Waals surface area contributed by atoms with Crippen molar-refractivity contribution in [3.05, 3.63) is 71.8 Å². The molecule has 1 saturated heterocycles. The summed E-state index contributed by atoms with van der Waals surface area (Å²) < 4.78 is 11.3. The molecule has 1 heterocycles. The lowest BCUT2D eigenvalue weighted by Crippen LogP contribution is -2.27. The first-order chi connectivity index (χ1) is 14.6. The fraction of sp³-hybridized carbons (Fsp3) is 0.440. The zero-order chi connectivity index (χ0) is 20.9. The number of aryl methyl sites for hydroxylation is 1. The van der Waals surface area contributed by atoms with Crippen LogP contribution in [0.15, 0.2) is 60.7 Å². The number of carbonyl (C=O) groups excluding carboxylic acids is 2. The number of rotatable bonds is 8. The van der Waals surface area contributed by atoms with Crippen LogP contribution < -0.4 is 0 Å². The first-order valence-corrected chi connectivity index (χ1v) is 10.8. The van der Waals surface area contributed by atoms with Crippen LogP contribution in [-0.2, 0) is 20.7 Å². The Kier molecular flexibility index (Phi) is 6.48. The Morgan fingerprint density at radius 1 is 1.07 bits per heavy atom. The van der Waals surface area contributed by atoms with Crippen molar-refractivity contribution in [1.29, 1.82) is 0 Å². The fourth-order valence-corrected chi connectivity index (χ4v) is 4.78. The lowest BCUT2D eigenvalue weighted by atomic mass is 9.86. The first kappa shape index (κ1) is 20.6. The van der Waals surface area contributed by atoms with Crippen molar-refractivity contribution in [3.63, 3.8) is 0 Å². The molecule has 4 rings (SSSR count). The minimum absolute atomic E-state index is 0.0282. The molecule has 30 heavy (non-hydrogen) atoms. The van der Waals surface area contributed by atoms with Gasteiger partial charge in [0.2, 0.25) is 0 Å². The third-order valence-corrected chi connectivity index (χ3v) is 6.37. The number of esters is 2. The Labute approximate surface area is 177 Å². The molecule has 0 spiro atoms. The molecule has 5 atom stereocenters. The predicted molar refractivity (Wildman–Crippen MR) is 112 cm³/mol. The van der Waals surface area contributed by atoms with Crippen LogP contribution in [0.1, 0.15) is 48.0 Å². The predicted octanol–water partition coefficient (Wildman–Crippen LogP) is 3.94. The second-order valence-electron chi connectivity index (χ2n) is 8.36. The number of aliphatic hydroxyl groups is 1. The molecule has 1 N–H and O–H groups in total. The van der Waals surface area contributed by atoms with Gasteiger partial charge in [-0.3, -0.25) is 4.79 Å². The number of aliphatic hydroxyl groups excluding tert-OH is 1. The molecule has 2 aliphatic rings. The van der Waals surface area contributed by atoms with Crippen LogP contribution in [0.4, 0.5) is 0 Å². The lowest BCUT2D eigenvalue weighted by Gasteiger charge is -2.24. The number of hydrogen-bond acceptors (Lipinski definition) is 5. The van der Waals surface area contributed by atoms with E-state index < -0.39 is 6.10 Å². The summed E-state index contributed by atoms with van der Waals surface area (Å²) >= 11 is 0. The summed E-state index contributed by atoms with van der Waals surface area (Å²) in [5.41, 5.74) is 1.73. The minimum Gasteiger partial charge on any atom is -0.462 e. The summed E-state index contributed by atoms with van der Waals surface area (Å²) in [6.45, 7) is 0. The number of hydrogen-bond donors (Lipinski definition) is 1. The quantitative estimate of drug-likeness (QED) is 0.670. The van der Waals surface area contributed by atoms with Gasteiger partial charge < -0.3 is 14.6 Å². The highest BCUT2D eigenvalue weighted by molar-refractivity contribution is 5.89. The summed E-state index contributed by atoms with van der Waals surface area (Å²) in [6, 6.07) is 19.1. The maximum absolute atomic E-state index is 12.5. The largest absolute Gasteiger partial charge is 0.462 e. The average Bonchev–Trinajstić information content (AvgIpc) is 3.27. The van der Waals surface area contributed by atoms with Gasteiger partial charge in [-0.05, 0) is 43.4 Å². The van der Waals surface area contributed by atoms with E-state index in [9.17, 15) is 14.7 Å². The van der Waals surface area contributed by atoms with E-state index >= 15 is 0 Å². The van der Waals surface area contributed by atoms with E-state index in [2.05, 4.69) is 12.1 Å². The van der Waals surface area contributed by atoms with Crippen LogP contribution in [0.25, 0.3) is 0 Å². The maximum atomic E-state index is 12.5. The molecule has 158 valence electrons. The summed E-state index contributed by atoms with van der Waals surface area (Å²) in [4.78, 5) is 24.3. The third-order valence-electron chi connectivity index (χ3n) is 6.37. The molecule has 1 aliphatic heterocycles. The van der Waals surface area contributed by atoms with Gasteiger partial charge in [0, 0.05) is 18.3 Å². The summed E-state index contributed by atoms with van der Waals surface area (Å²) in [6.07, 6.45) is 2.86. The van der Waals surface area contributed by atoms with Gasteiger partial charge in [-0.15, -0.1) is 0 Å². The second-order valence-corrected chi connectivity index (χ2v) is 8.36. The third kappa shape index (κ3) is 4.90. The lowest BCUT2D eigenvalue weighted by molar-refractivity contribution is -0.141. The van der Waals surface area contributed by atoms with E-state index in [1.54, 1.807) is 12.1 Å². The van der Waals surface area contributed by atoms with Gasteiger partial charge in [0.15, 0.2) is 0 Å². The van der Waals surface area contributed by atoms with Gasteiger partial charge in [-0.2, -0.15) is 0 Å². The second kappa shape index (κ2) is 9.43. The van der Waals surface area contributed by atoms with Crippen LogP contribution in [-0.4, -0.2) is 35.4 Å². The Morgan fingerprint density at radius 2 is 1.77 bits per heavy atom. The first-order valence-electron chi connectivity index (χ1n) is 10.8. The van der Waals surface area contributed by atoms with Crippen LogP contribution in [0.2, 0.25) is 0 Å². The van der Waals surface area contributed by atoms with Gasteiger partial charge in [-0.25, -0.2) is 4.79 Å². The average molecular weight is 408 g/mol. The molecule has 2 fully saturated rings. The van der Waals surface area contributed by atoms with Crippen LogP contribution in [0, 0.1) is 11.8 Å². The Bertz CT molecular complexity index is 850. The zero-order valence-electron chi connectivity index (χ0n) is 17.0.